The van der Waals surface area contributed by atoms with E-state index in [9.17, 15) is 4.39 Å². The molecule has 106 valence electrons. The van der Waals surface area contributed by atoms with Crippen LogP contribution in [0.2, 0.25) is 0 Å². The molecule has 0 radical (unpaired) electrons. The van der Waals surface area contributed by atoms with Crippen LogP contribution in [0, 0.1) is 5.82 Å². The maximum atomic E-state index is 13.4. The van der Waals surface area contributed by atoms with Gasteiger partial charge in [-0.3, -0.25) is 11.3 Å². The molecule has 0 bridgehead atoms. The van der Waals surface area contributed by atoms with Crippen molar-refractivity contribution in [2.75, 3.05) is 6.61 Å². The lowest BCUT2D eigenvalue weighted by molar-refractivity contribution is -0.0884. The van der Waals surface area contributed by atoms with Gasteiger partial charge < -0.3 is 4.74 Å². The molecule has 1 saturated heterocycles. The van der Waals surface area contributed by atoms with E-state index in [1.807, 2.05) is 6.07 Å². The van der Waals surface area contributed by atoms with Crippen molar-refractivity contribution in [2.45, 2.75) is 44.2 Å². The molecule has 3 N–H and O–H groups in total. The average molecular weight is 331 g/mol. The summed E-state index contributed by atoms with van der Waals surface area (Å²) in [5.41, 5.74) is 3.46. The molecule has 0 amide bonds. The van der Waals surface area contributed by atoms with Gasteiger partial charge in [0.05, 0.1) is 11.6 Å². The van der Waals surface area contributed by atoms with Crippen molar-refractivity contribution < 1.29 is 9.13 Å². The summed E-state index contributed by atoms with van der Waals surface area (Å²) < 4.78 is 20.1. The molecule has 0 aliphatic carbocycles. The van der Waals surface area contributed by atoms with Gasteiger partial charge in [-0.15, -0.1) is 0 Å². The van der Waals surface area contributed by atoms with Crippen molar-refractivity contribution in [1.29, 1.82) is 0 Å². The third kappa shape index (κ3) is 3.75. The fourth-order valence-corrected chi connectivity index (χ4v) is 3.16. The van der Waals surface area contributed by atoms with Gasteiger partial charge in [0.25, 0.3) is 0 Å². The molecule has 2 unspecified atom stereocenters. The van der Waals surface area contributed by atoms with Crippen LogP contribution in [0.15, 0.2) is 22.7 Å². The molecule has 0 aromatic heterocycles. The number of benzene rings is 1. The molecule has 1 fully saturated rings. The Balaban J connectivity index is 2.13. The molecule has 3 nitrogen and oxygen atoms in total. The second kappa shape index (κ2) is 6.31. The smallest absolute Gasteiger partial charge is 0.124 e. The zero-order valence-electron chi connectivity index (χ0n) is 11.1. The number of hydrogen-bond donors (Lipinski definition) is 2. The normalized spacial score (nSPS) is 25.3. The zero-order chi connectivity index (χ0) is 13.9. The minimum absolute atomic E-state index is 0.0264. The van der Waals surface area contributed by atoms with Gasteiger partial charge in [0.2, 0.25) is 0 Å². The average Bonchev–Trinajstić information content (AvgIpc) is 2.35. The standard InChI is InChI=1S/C14H20BrFN2O/c1-14(4-2-3-5-19-14)13(18-17)8-10-6-11(15)9-12(16)7-10/h6-7,9,13,18H,2-5,8,17H2,1H3. The quantitative estimate of drug-likeness (QED) is 0.659. The monoisotopic (exact) mass is 330 g/mol. The first-order valence-corrected chi connectivity index (χ1v) is 7.38. The molecule has 19 heavy (non-hydrogen) atoms. The van der Waals surface area contributed by atoms with Crippen LogP contribution in [0.3, 0.4) is 0 Å². The van der Waals surface area contributed by atoms with Crippen LogP contribution in [-0.4, -0.2) is 18.2 Å². The summed E-state index contributed by atoms with van der Waals surface area (Å²) in [6.07, 6.45) is 3.85. The number of hydrogen-bond acceptors (Lipinski definition) is 3. The summed E-state index contributed by atoms with van der Waals surface area (Å²) in [6.45, 7) is 2.84. The van der Waals surface area contributed by atoms with E-state index >= 15 is 0 Å². The van der Waals surface area contributed by atoms with E-state index in [1.54, 1.807) is 6.07 Å². The van der Waals surface area contributed by atoms with Crippen LogP contribution in [0.5, 0.6) is 0 Å². The van der Waals surface area contributed by atoms with Crippen molar-refractivity contribution in [1.82, 2.24) is 5.43 Å². The van der Waals surface area contributed by atoms with Gasteiger partial charge in [-0.1, -0.05) is 15.9 Å². The molecule has 0 spiro atoms. The Morgan fingerprint density at radius 1 is 1.47 bits per heavy atom. The minimum Gasteiger partial charge on any atom is -0.374 e. The number of hydrazine groups is 1. The van der Waals surface area contributed by atoms with Gasteiger partial charge in [0, 0.05) is 11.1 Å². The lowest BCUT2D eigenvalue weighted by Gasteiger charge is -2.40. The first kappa shape index (κ1) is 14.9. The SMILES string of the molecule is CC1(C(Cc2cc(F)cc(Br)c2)NN)CCCCO1. The fourth-order valence-electron chi connectivity index (χ4n) is 2.65. The van der Waals surface area contributed by atoms with Crippen LogP contribution in [-0.2, 0) is 11.2 Å². The summed E-state index contributed by atoms with van der Waals surface area (Å²) in [4.78, 5) is 0. The van der Waals surface area contributed by atoms with Crippen molar-refractivity contribution in [3.8, 4) is 0 Å². The topological polar surface area (TPSA) is 47.3 Å². The summed E-state index contributed by atoms with van der Waals surface area (Å²) in [7, 11) is 0. The highest BCUT2D eigenvalue weighted by Crippen LogP contribution is 2.29. The Hall–Kier alpha value is -0.490. The molecule has 1 aliphatic heterocycles. The molecular formula is C14H20BrFN2O. The molecule has 0 saturated carbocycles. The van der Waals surface area contributed by atoms with E-state index in [0.29, 0.717) is 6.42 Å². The van der Waals surface area contributed by atoms with Gasteiger partial charge in [-0.25, -0.2) is 4.39 Å². The molecule has 1 aliphatic rings. The van der Waals surface area contributed by atoms with Gasteiger partial charge in [-0.05, 0) is 56.4 Å². The molecule has 2 atom stereocenters. The Kier molecular flexibility index (Phi) is 4.95. The van der Waals surface area contributed by atoms with Gasteiger partial charge in [0.1, 0.15) is 5.82 Å². The van der Waals surface area contributed by atoms with Crippen LogP contribution >= 0.6 is 15.9 Å². The Bertz CT molecular complexity index is 415. The van der Waals surface area contributed by atoms with Crippen LogP contribution < -0.4 is 11.3 Å². The highest BCUT2D eigenvalue weighted by Gasteiger charge is 2.36. The highest BCUT2D eigenvalue weighted by molar-refractivity contribution is 9.10. The van der Waals surface area contributed by atoms with Gasteiger partial charge in [0.15, 0.2) is 0 Å². The Labute approximate surface area is 121 Å². The van der Waals surface area contributed by atoms with Gasteiger partial charge in [-0.2, -0.15) is 0 Å². The molecule has 1 heterocycles. The van der Waals surface area contributed by atoms with Crippen LogP contribution in [0.25, 0.3) is 0 Å². The van der Waals surface area contributed by atoms with Crippen molar-refractivity contribution in [3.63, 3.8) is 0 Å². The minimum atomic E-state index is -0.286. The van der Waals surface area contributed by atoms with E-state index in [4.69, 9.17) is 10.6 Å². The predicted molar refractivity (Wildman–Crippen MR) is 77.1 cm³/mol. The summed E-state index contributed by atoms with van der Waals surface area (Å²) >= 11 is 3.31. The number of nitrogens with one attached hydrogen (secondary N) is 1. The number of rotatable bonds is 4. The number of halogens is 2. The first-order valence-electron chi connectivity index (χ1n) is 6.58. The van der Waals surface area contributed by atoms with E-state index in [1.165, 1.54) is 6.07 Å². The summed E-state index contributed by atoms with van der Waals surface area (Å²) in [5.74, 6) is 5.44. The molecule has 5 heteroatoms. The first-order chi connectivity index (χ1) is 9.03. The van der Waals surface area contributed by atoms with Crippen molar-refractivity contribution >= 4 is 15.9 Å². The number of ether oxygens (including phenoxy) is 1. The van der Waals surface area contributed by atoms with Gasteiger partial charge >= 0.3 is 0 Å². The highest BCUT2D eigenvalue weighted by atomic mass is 79.9. The van der Waals surface area contributed by atoms with Crippen LogP contribution in [0.1, 0.15) is 31.7 Å². The largest absolute Gasteiger partial charge is 0.374 e. The van der Waals surface area contributed by atoms with Crippen LogP contribution in [0.4, 0.5) is 4.39 Å². The summed E-state index contributed by atoms with van der Waals surface area (Å²) in [6, 6.07) is 4.88. The summed E-state index contributed by atoms with van der Waals surface area (Å²) in [5, 5.41) is 0. The fraction of sp³-hybridized carbons (Fsp3) is 0.571. The zero-order valence-corrected chi connectivity index (χ0v) is 12.7. The van der Waals surface area contributed by atoms with Crippen molar-refractivity contribution in [3.05, 3.63) is 34.1 Å². The molecule has 1 aromatic carbocycles. The molecular weight excluding hydrogens is 311 g/mol. The predicted octanol–water partition coefficient (Wildman–Crippen LogP) is 2.92. The van der Waals surface area contributed by atoms with Crippen molar-refractivity contribution in [2.24, 2.45) is 5.84 Å². The number of nitrogens with two attached hydrogens (primary N) is 1. The maximum Gasteiger partial charge on any atom is 0.124 e. The van der Waals surface area contributed by atoms with E-state index in [0.717, 1.165) is 35.9 Å². The van der Waals surface area contributed by atoms with E-state index in [-0.39, 0.29) is 17.5 Å². The lowest BCUT2D eigenvalue weighted by atomic mass is 9.85. The van der Waals surface area contributed by atoms with E-state index in [2.05, 4.69) is 28.3 Å². The third-order valence-corrected chi connectivity index (χ3v) is 4.26. The van der Waals surface area contributed by atoms with E-state index < -0.39 is 0 Å². The lowest BCUT2D eigenvalue weighted by Crippen LogP contribution is -2.55. The molecule has 1 aromatic rings. The second-order valence-electron chi connectivity index (χ2n) is 5.32. The second-order valence-corrected chi connectivity index (χ2v) is 6.23. The molecule has 2 rings (SSSR count). The Morgan fingerprint density at radius 3 is 2.84 bits per heavy atom. The third-order valence-electron chi connectivity index (χ3n) is 3.80. The maximum absolute atomic E-state index is 13.4. The Morgan fingerprint density at radius 2 is 2.26 bits per heavy atom.